The summed E-state index contributed by atoms with van der Waals surface area (Å²) in [6, 6.07) is 7.61. The second kappa shape index (κ2) is 5.80. The van der Waals surface area contributed by atoms with E-state index in [2.05, 4.69) is 5.32 Å². The van der Waals surface area contributed by atoms with Crippen LogP contribution in [0.2, 0.25) is 0 Å². The van der Waals surface area contributed by atoms with Crippen molar-refractivity contribution >= 4 is 24.2 Å². The van der Waals surface area contributed by atoms with Gasteiger partial charge in [0.25, 0.3) is 0 Å². The number of benzene rings is 1. The van der Waals surface area contributed by atoms with Crippen molar-refractivity contribution in [1.82, 2.24) is 5.32 Å². The zero-order valence-corrected chi connectivity index (χ0v) is 10.1. The Morgan fingerprint density at radius 1 is 1.29 bits per heavy atom. The predicted molar refractivity (Wildman–Crippen MR) is 66.7 cm³/mol. The summed E-state index contributed by atoms with van der Waals surface area (Å²) < 4.78 is 0. The normalized spacial score (nSPS) is 19.5. The van der Waals surface area contributed by atoms with Crippen LogP contribution in [0.25, 0.3) is 0 Å². The molecule has 17 heavy (non-hydrogen) atoms. The Labute approximate surface area is 106 Å². The number of carbonyl (C=O) groups is 2. The molecule has 0 bridgehead atoms. The van der Waals surface area contributed by atoms with Gasteiger partial charge in [0.2, 0.25) is 11.8 Å². The van der Waals surface area contributed by atoms with Crippen LogP contribution in [0.3, 0.4) is 0 Å². The number of piperidine rings is 1. The van der Waals surface area contributed by atoms with Crippen molar-refractivity contribution in [2.24, 2.45) is 5.73 Å². The average molecular weight is 255 g/mol. The van der Waals surface area contributed by atoms with Gasteiger partial charge >= 0.3 is 0 Å². The van der Waals surface area contributed by atoms with E-state index in [-0.39, 0.29) is 30.1 Å². The zero-order chi connectivity index (χ0) is 11.5. The van der Waals surface area contributed by atoms with Crippen LogP contribution in [0.15, 0.2) is 24.3 Å². The quantitative estimate of drug-likeness (QED) is 0.776. The third-order valence-electron chi connectivity index (χ3n) is 2.89. The fraction of sp³-hybridized carbons (Fsp3) is 0.333. The summed E-state index contributed by atoms with van der Waals surface area (Å²) in [5, 5.41) is 2.36. The summed E-state index contributed by atoms with van der Waals surface area (Å²) in [5.74, 6) is -0.638. The number of carbonyl (C=O) groups excluding carboxylic acids is 2. The Hall–Kier alpha value is -1.39. The van der Waals surface area contributed by atoms with Gasteiger partial charge in [-0.05, 0) is 17.5 Å². The monoisotopic (exact) mass is 254 g/mol. The number of hydrogen-bond acceptors (Lipinski definition) is 3. The van der Waals surface area contributed by atoms with Crippen LogP contribution in [0.4, 0.5) is 0 Å². The van der Waals surface area contributed by atoms with Gasteiger partial charge in [0.15, 0.2) is 0 Å². The lowest BCUT2D eigenvalue weighted by Crippen LogP contribution is -2.39. The van der Waals surface area contributed by atoms with Crippen LogP contribution in [0.1, 0.15) is 29.9 Å². The molecule has 1 atom stereocenters. The lowest BCUT2D eigenvalue weighted by Gasteiger charge is -2.22. The largest absolute Gasteiger partial charge is 0.326 e. The number of imide groups is 1. The van der Waals surface area contributed by atoms with E-state index >= 15 is 0 Å². The molecule has 5 heteroatoms. The molecule has 0 aromatic heterocycles. The molecule has 1 aromatic carbocycles. The molecule has 4 nitrogen and oxygen atoms in total. The van der Waals surface area contributed by atoms with Crippen molar-refractivity contribution < 1.29 is 9.59 Å². The summed E-state index contributed by atoms with van der Waals surface area (Å²) in [6.07, 6.45) is 0.969. The molecule has 1 unspecified atom stereocenters. The molecule has 2 amide bonds. The van der Waals surface area contributed by atoms with Crippen molar-refractivity contribution in [2.75, 3.05) is 0 Å². The Morgan fingerprint density at radius 3 is 2.65 bits per heavy atom. The van der Waals surface area contributed by atoms with E-state index in [1.165, 1.54) is 0 Å². The molecular weight excluding hydrogens is 240 g/mol. The summed E-state index contributed by atoms with van der Waals surface area (Å²) >= 11 is 0. The molecule has 0 radical (unpaired) electrons. The van der Waals surface area contributed by atoms with Crippen LogP contribution < -0.4 is 11.1 Å². The van der Waals surface area contributed by atoms with Crippen LogP contribution in [0, 0.1) is 0 Å². The molecule has 1 saturated heterocycles. The van der Waals surface area contributed by atoms with Gasteiger partial charge in [-0.3, -0.25) is 14.9 Å². The third kappa shape index (κ3) is 2.84. The third-order valence-corrected chi connectivity index (χ3v) is 2.89. The second-order valence-corrected chi connectivity index (χ2v) is 3.91. The Balaban J connectivity index is 0.00000144. The summed E-state index contributed by atoms with van der Waals surface area (Å²) in [5.41, 5.74) is 7.54. The highest BCUT2D eigenvalue weighted by Gasteiger charge is 2.28. The van der Waals surface area contributed by atoms with Gasteiger partial charge in [-0.1, -0.05) is 24.3 Å². The zero-order valence-electron chi connectivity index (χ0n) is 9.31. The first-order valence-electron chi connectivity index (χ1n) is 5.34. The molecule has 0 aliphatic carbocycles. The summed E-state index contributed by atoms with van der Waals surface area (Å²) in [4.78, 5) is 22.7. The maximum absolute atomic E-state index is 11.7. The highest BCUT2D eigenvalue weighted by Crippen LogP contribution is 2.27. The van der Waals surface area contributed by atoms with Crippen LogP contribution in [-0.4, -0.2) is 11.8 Å². The second-order valence-electron chi connectivity index (χ2n) is 3.91. The van der Waals surface area contributed by atoms with Crippen LogP contribution >= 0.6 is 12.4 Å². The van der Waals surface area contributed by atoms with Gasteiger partial charge in [0.1, 0.15) is 0 Å². The maximum Gasteiger partial charge on any atom is 0.234 e. The summed E-state index contributed by atoms with van der Waals surface area (Å²) in [6.45, 7) is 0.411. The minimum absolute atomic E-state index is 0. The van der Waals surface area contributed by atoms with E-state index in [0.29, 0.717) is 19.4 Å². The van der Waals surface area contributed by atoms with Gasteiger partial charge in [-0.2, -0.15) is 0 Å². The fourth-order valence-electron chi connectivity index (χ4n) is 2.05. The topological polar surface area (TPSA) is 72.2 Å². The lowest BCUT2D eigenvalue weighted by atomic mass is 9.87. The molecule has 3 N–H and O–H groups in total. The molecular formula is C12H15ClN2O2. The molecule has 1 aliphatic heterocycles. The first-order chi connectivity index (χ1) is 7.72. The smallest absolute Gasteiger partial charge is 0.234 e. The summed E-state index contributed by atoms with van der Waals surface area (Å²) in [7, 11) is 0. The van der Waals surface area contributed by atoms with E-state index in [0.717, 1.165) is 11.1 Å². The minimum atomic E-state index is -0.238. The van der Waals surface area contributed by atoms with Gasteiger partial charge in [-0.25, -0.2) is 0 Å². The first kappa shape index (κ1) is 13.7. The fourth-order valence-corrected chi connectivity index (χ4v) is 2.05. The molecule has 1 heterocycles. The van der Waals surface area contributed by atoms with E-state index < -0.39 is 0 Å². The van der Waals surface area contributed by atoms with Gasteiger partial charge in [-0.15, -0.1) is 12.4 Å². The van der Waals surface area contributed by atoms with Crippen molar-refractivity contribution in [2.45, 2.75) is 25.3 Å². The van der Waals surface area contributed by atoms with Gasteiger partial charge < -0.3 is 5.73 Å². The number of hydrogen-bond donors (Lipinski definition) is 2. The van der Waals surface area contributed by atoms with Crippen molar-refractivity contribution in [3.05, 3.63) is 35.4 Å². The van der Waals surface area contributed by atoms with Crippen LogP contribution in [0.5, 0.6) is 0 Å². The maximum atomic E-state index is 11.7. The number of nitrogens with two attached hydrogens (primary N) is 1. The molecule has 2 rings (SSSR count). The van der Waals surface area contributed by atoms with E-state index in [1.807, 2.05) is 24.3 Å². The predicted octanol–water partition coefficient (Wildman–Crippen LogP) is 1.09. The van der Waals surface area contributed by atoms with E-state index in [9.17, 15) is 9.59 Å². The Kier molecular flexibility index (Phi) is 4.66. The lowest BCUT2D eigenvalue weighted by molar-refractivity contribution is -0.134. The van der Waals surface area contributed by atoms with Crippen molar-refractivity contribution in [3.63, 3.8) is 0 Å². The average Bonchev–Trinajstić information content (AvgIpc) is 2.29. The highest BCUT2D eigenvalue weighted by molar-refractivity contribution is 6.01. The molecule has 1 aliphatic rings. The van der Waals surface area contributed by atoms with Crippen LogP contribution in [-0.2, 0) is 16.1 Å². The molecule has 92 valence electrons. The van der Waals surface area contributed by atoms with Crippen molar-refractivity contribution in [1.29, 1.82) is 0 Å². The molecule has 0 spiro atoms. The Bertz CT molecular complexity index is 434. The molecule has 1 aromatic rings. The number of nitrogens with one attached hydrogen (secondary N) is 1. The standard InChI is InChI=1S/C12H14N2O2.ClH/c13-7-8-3-1-2-4-9(8)10-5-6-11(15)14-12(10)16;/h1-4,10H,5-7,13H2,(H,14,15,16);1H. The SMILES string of the molecule is Cl.NCc1ccccc1C1CCC(=O)NC1=O. The van der Waals surface area contributed by atoms with Gasteiger partial charge in [0, 0.05) is 13.0 Å². The minimum Gasteiger partial charge on any atom is -0.326 e. The highest BCUT2D eigenvalue weighted by atomic mass is 35.5. The molecule has 0 saturated carbocycles. The number of halogens is 1. The number of rotatable bonds is 2. The number of amides is 2. The Morgan fingerprint density at radius 2 is 2.00 bits per heavy atom. The van der Waals surface area contributed by atoms with Crippen molar-refractivity contribution in [3.8, 4) is 0 Å². The van der Waals surface area contributed by atoms with Gasteiger partial charge in [0.05, 0.1) is 5.92 Å². The van der Waals surface area contributed by atoms with E-state index in [1.54, 1.807) is 0 Å². The first-order valence-corrected chi connectivity index (χ1v) is 5.34. The van der Waals surface area contributed by atoms with E-state index in [4.69, 9.17) is 5.73 Å². The molecule has 1 fully saturated rings.